The van der Waals surface area contributed by atoms with Gasteiger partial charge in [0.2, 0.25) is 0 Å². The molecule has 0 fully saturated rings. The van der Waals surface area contributed by atoms with E-state index in [4.69, 9.17) is 16.7 Å². The maximum atomic E-state index is 11.0. The van der Waals surface area contributed by atoms with Crippen LogP contribution in [0, 0.1) is 0 Å². The molecule has 0 amide bonds. The average Bonchev–Trinajstić information content (AvgIpc) is 2.61. The molecule has 5 nitrogen and oxygen atoms in total. The van der Waals surface area contributed by atoms with Crippen molar-refractivity contribution in [2.45, 2.75) is 0 Å². The van der Waals surface area contributed by atoms with Crippen molar-refractivity contribution in [2.75, 3.05) is 0 Å². The Balaban J connectivity index is 2.55. The molecule has 8 heteroatoms. The Labute approximate surface area is 107 Å². The highest BCUT2D eigenvalue weighted by molar-refractivity contribution is 9.11. The first kappa shape index (κ1) is 11.4. The lowest BCUT2D eigenvalue weighted by atomic mass is 10.3. The van der Waals surface area contributed by atoms with Crippen LogP contribution in [0.3, 0.4) is 0 Å². The fourth-order valence-corrected chi connectivity index (χ4v) is 2.45. The minimum atomic E-state index is -1.05. The molecule has 2 rings (SSSR count). The molecule has 2 aromatic heterocycles. The van der Waals surface area contributed by atoms with Gasteiger partial charge in [-0.1, -0.05) is 22.9 Å². The molecule has 0 saturated carbocycles. The largest absolute Gasteiger partial charge is 0.477 e. The smallest absolute Gasteiger partial charge is 0.348 e. The van der Waals surface area contributed by atoms with E-state index in [-0.39, 0.29) is 15.7 Å². The lowest BCUT2D eigenvalue weighted by Gasteiger charge is -1.96. The molecule has 0 radical (unpaired) electrons. The SMILES string of the molecule is O=C(O)c1sc(Br)nc1-c1cnc(Cl)cn1. The highest BCUT2D eigenvalue weighted by Gasteiger charge is 2.18. The van der Waals surface area contributed by atoms with Crippen LogP contribution in [0.5, 0.6) is 0 Å². The van der Waals surface area contributed by atoms with Crippen LogP contribution in [-0.4, -0.2) is 26.0 Å². The van der Waals surface area contributed by atoms with Crippen molar-refractivity contribution < 1.29 is 9.90 Å². The van der Waals surface area contributed by atoms with Crippen LogP contribution in [0.25, 0.3) is 11.4 Å². The van der Waals surface area contributed by atoms with Crippen LogP contribution in [0.4, 0.5) is 0 Å². The summed E-state index contributed by atoms with van der Waals surface area (Å²) in [6, 6.07) is 0. The number of carbonyl (C=O) groups is 1. The molecule has 0 atom stereocenters. The highest BCUT2D eigenvalue weighted by atomic mass is 79.9. The molecule has 2 heterocycles. The number of hydrogen-bond donors (Lipinski definition) is 1. The van der Waals surface area contributed by atoms with Crippen molar-refractivity contribution in [1.82, 2.24) is 15.0 Å². The normalized spacial score (nSPS) is 10.4. The van der Waals surface area contributed by atoms with E-state index < -0.39 is 5.97 Å². The van der Waals surface area contributed by atoms with Crippen molar-refractivity contribution in [3.05, 3.63) is 26.3 Å². The topological polar surface area (TPSA) is 76.0 Å². The summed E-state index contributed by atoms with van der Waals surface area (Å²) in [5, 5.41) is 9.22. The summed E-state index contributed by atoms with van der Waals surface area (Å²) in [5.74, 6) is -1.05. The van der Waals surface area contributed by atoms with Crippen molar-refractivity contribution in [2.24, 2.45) is 0 Å². The molecule has 0 bridgehead atoms. The maximum Gasteiger partial charge on any atom is 0.348 e. The van der Waals surface area contributed by atoms with Crippen LogP contribution >= 0.6 is 38.9 Å². The number of halogens is 2. The summed E-state index contributed by atoms with van der Waals surface area (Å²) in [6.07, 6.45) is 2.73. The van der Waals surface area contributed by atoms with Crippen molar-refractivity contribution >= 4 is 44.8 Å². The van der Waals surface area contributed by atoms with Gasteiger partial charge in [-0.3, -0.25) is 0 Å². The van der Waals surface area contributed by atoms with E-state index in [1.807, 2.05) is 0 Å². The first-order valence-electron chi connectivity index (χ1n) is 3.95. The van der Waals surface area contributed by atoms with Gasteiger partial charge < -0.3 is 5.11 Å². The Morgan fingerprint density at radius 2 is 2.19 bits per heavy atom. The summed E-state index contributed by atoms with van der Waals surface area (Å²) in [6.45, 7) is 0. The van der Waals surface area contributed by atoms with Crippen molar-refractivity contribution in [3.63, 3.8) is 0 Å². The van der Waals surface area contributed by atoms with Crippen LogP contribution in [0.15, 0.2) is 16.3 Å². The van der Waals surface area contributed by atoms with Gasteiger partial charge in [0.1, 0.15) is 21.4 Å². The molecule has 82 valence electrons. The number of aromatic nitrogens is 3. The van der Waals surface area contributed by atoms with E-state index in [9.17, 15) is 4.79 Å². The molecule has 0 aliphatic rings. The molecular formula is C8H3BrClN3O2S. The third kappa shape index (κ3) is 2.21. The Bertz CT molecular complexity index is 543. The lowest BCUT2D eigenvalue weighted by molar-refractivity contribution is 0.0702. The van der Waals surface area contributed by atoms with Crippen molar-refractivity contribution in [1.29, 1.82) is 0 Å². The van der Waals surface area contributed by atoms with Gasteiger partial charge in [0.25, 0.3) is 0 Å². The summed E-state index contributed by atoms with van der Waals surface area (Å²) in [4.78, 5) is 22.9. The van der Waals surface area contributed by atoms with Gasteiger partial charge >= 0.3 is 5.97 Å². The summed E-state index contributed by atoms with van der Waals surface area (Å²) in [5.41, 5.74) is 0.664. The van der Waals surface area contributed by atoms with Crippen LogP contribution in [-0.2, 0) is 0 Å². The monoisotopic (exact) mass is 319 g/mol. The molecular weight excluding hydrogens is 318 g/mol. The molecule has 0 aliphatic heterocycles. The Morgan fingerprint density at radius 3 is 2.75 bits per heavy atom. The van der Waals surface area contributed by atoms with Crippen LogP contribution in [0.2, 0.25) is 5.15 Å². The number of hydrogen-bond acceptors (Lipinski definition) is 5. The van der Waals surface area contributed by atoms with E-state index in [1.54, 1.807) is 0 Å². The Kier molecular flexibility index (Phi) is 3.17. The Morgan fingerprint density at radius 1 is 1.44 bits per heavy atom. The average molecular weight is 321 g/mol. The Hall–Kier alpha value is -1.05. The van der Waals surface area contributed by atoms with Gasteiger partial charge in [-0.15, -0.1) is 0 Å². The van der Waals surface area contributed by atoms with Gasteiger partial charge in [-0.05, 0) is 15.9 Å². The molecule has 0 unspecified atom stereocenters. The molecule has 0 saturated heterocycles. The van der Waals surface area contributed by atoms with E-state index >= 15 is 0 Å². The molecule has 16 heavy (non-hydrogen) atoms. The second-order valence-electron chi connectivity index (χ2n) is 2.67. The zero-order valence-electron chi connectivity index (χ0n) is 7.52. The number of carboxylic acids is 1. The van der Waals surface area contributed by atoms with Gasteiger partial charge in [-0.2, -0.15) is 0 Å². The molecule has 0 aromatic carbocycles. The molecule has 0 spiro atoms. The second kappa shape index (κ2) is 4.44. The minimum Gasteiger partial charge on any atom is -0.477 e. The quantitative estimate of drug-likeness (QED) is 0.920. The van der Waals surface area contributed by atoms with Crippen LogP contribution < -0.4 is 0 Å². The predicted molar refractivity (Wildman–Crippen MR) is 62.8 cm³/mol. The third-order valence-corrected chi connectivity index (χ3v) is 3.35. The first-order valence-corrected chi connectivity index (χ1v) is 5.94. The predicted octanol–water partition coefficient (Wildman–Crippen LogP) is 2.71. The number of nitrogens with zero attached hydrogens (tertiary/aromatic N) is 3. The molecule has 2 aromatic rings. The standard InChI is InChI=1S/C8H3BrClN3O2S/c9-8-13-5(6(16-8)7(14)15)3-1-12-4(10)2-11-3/h1-2H,(H,14,15). The van der Waals surface area contributed by atoms with Gasteiger partial charge in [0, 0.05) is 0 Å². The third-order valence-electron chi connectivity index (χ3n) is 1.66. The number of carboxylic acid groups (broad SMARTS) is 1. The van der Waals surface area contributed by atoms with Gasteiger partial charge in [-0.25, -0.2) is 19.7 Å². The van der Waals surface area contributed by atoms with Crippen LogP contribution in [0.1, 0.15) is 9.67 Å². The maximum absolute atomic E-state index is 11.0. The summed E-state index contributed by atoms with van der Waals surface area (Å²) >= 11 is 9.75. The zero-order chi connectivity index (χ0) is 11.7. The zero-order valence-corrected chi connectivity index (χ0v) is 10.7. The second-order valence-corrected chi connectivity index (χ2v) is 5.34. The number of aromatic carboxylic acids is 1. The fourth-order valence-electron chi connectivity index (χ4n) is 1.05. The number of rotatable bonds is 2. The highest BCUT2D eigenvalue weighted by Crippen LogP contribution is 2.29. The summed E-state index contributed by atoms with van der Waals surface area (Å²) in [7, 11) is 0. The molecule has 0 aliphatic carbocycles. The van der Waals surface area contributed by atoms with Crippen molar-refractivity contribution in [3.8, 4) is 11.4 Å². The fraction of sp³-hybridized carbons (Fsp3) is 0. The van der Waals surface area contributed by atoms with E-state index in [0.29, 0.717) is 9.61 Å². The van der Waals surface area contributed by atoms with E-state index in [1.165, 1.54) is 12.4 Å². The number of thiazole rings is 1. The van der Waals surface area contributed by atoms with Gasteiger partial charge in [0.15, 0.2) is 3.92 Å². The molecule has 1 N–H and O–H groups in total. The first-order chi connectivity index (χ1) is 7.58. The minimum absolute atomic E-state index is 0.114. The van der Waals surface area contributed by atoms with E-state index in [0.717, 1.165) is 11.3 Å². The summed E-state index contributed by atoms with van der Waals surface area (Å²) < 4.78 is 0.483. The lowest BCUT2D eigenvalue weighted by Crippen LogP contribution is -1.97. The van der Waals surface area contributed by atoms with E-state index in [2.05, 4.69) is 30.9 Å². The van der Waals surface area contributed by atoms with Gasteiger partial charge in [0.05, 0.1) is 12.4 Å².